The Hall–Kier alpha value is -11.6. The van der Waals surface area contributed by atoms with E-state index in [0.717, 1.165) is 112 Å². The molecule has 11 aromatic carbocycles. The molecule has 0 aliphatic rings. The highest BCUT2D eigenvalue weighted by atomic mass is 15.2. The van der Waals surface area contributed by atoms with Crippen LogP contribution in [0, 0.1) is 19.7 Å². The summed E-state index contributed by atoms with van der Waals surface area (Å²) in [5.74, 6) is 0.628. The first-order chi connectivity index (χ1) is 40.0. The van der Waals surface area contributed by atoms with Gasteiger partial charge >= 0.3 is 0 Å². The third-order valence-electron chi connectivity index (χ3n) is 14.6. The third-order valence-corrected chi connectivity index (χ3v) is 14.6. The van der Waals surface area contributed by atoms with Crippen LogP contribution in [0.5, 0.6) is 0 Å². The summed E-state index contributed by atoms with van der Waals surface area (Å²) in [5, 5.41) is 2.13. The zero-order valence-electron chi connectivity index (χ0n) is 43.6. The van der Waals surface area contributed by atoms with E-state index in [2.05, 4.69) is 138 Å². The van der Waals surface area contributed by atoms with E-state index in [1.165, 1.54) is 0 Å². The van der Waals surface area contributed by atoms with Crippen LogP contribution in [0.25, 0.3) is 98.2 Å². The Morgan fingerprint density at radius 2 is 0.716 bits per heavy atom. The maximum atomic E-state index is 8.30. The highest BCUT2D eigenvalue weighted by Crippen LogP contribution is 2.44. The van der Waals surface area contributed by atoms with Crippen LogP contribution in [0.3, 0.4) is 0 Å². The zero-order valence-corrected chi connectivity index (χ0v) is 43.6. The van der Waals surface area contributed by atoms with Crippen molar-refractivity contribution >= 4 is 73.0 Å². The van der Waals surface area contributed by atoms with Crippen molar-refractivity contribution in [2.75, 3.05) is 9.80 Å². The first kappa shape index (κ1) is 49.0. The fraction of sp³-hybridized carbons (Fsp3) is 0. The quantitative estimate of drug-likeness (QED) is 0.114. The van der Waals surface area contributed by atoms with Gasteiger partial charge in [0.2, 0.25) is 0 Å². The minimum Gasteiger partial charge on any atom is -0.311 e. The van der Waals surface area contributed by atoms with Crippen LogP contribution < -0.4 is 9.80 Å². The summed E-state index contributed by atoms with van der Waals surface area (Å²) in [6.45, 7) is 23.5. The fourth-order valence-corrected chi connectivity index (χ4v) is 10.7. The van der Waals surface area contributed by atoms with Gasteiger partial charge in [0.1, 0.15) is 0 Å². The van der Waals surface area contributed by atoms with Gasteiger partial charge in [0.15, 0.2) is 22.9 Å². The lowest BCUT2D eigenvalue weighted by molar-refractivity contribution is 1.18. The van der Waals surface area contributed by atoms with Gasteiger partial charge in [-0.15, -0.1) is 0 Å². The molecule has 0 saturated heterocycles. The maximum Gasteiger partial charge on any atom is 0.195 e. The molecule has 2 aromatic heterocycles. The Kier molecular flexibility index (Phi) is 12.9. The van der Waals surface area contributed by atoms with Crippen molar-refractivity contribution in [3.05, 3.63) is 313 Å². The van der Waals surface area contributed by atoms with E-state index in [9.17, 15) is 0 Å². The highest BCUT2D eigenvalue weighted by molar-refractivity contribution is 6.12. The topological polar surface area (TPSA) is 50.3 Å². The van der Waals surface area contributed by atoms with Gasteiger partial charge in [-0.3, -0.25) is 0 Å². The molecule has 0 spiro atoms. The average molecular weight is 1040 g/mol. The van der Waals surface area contributed by atoms with Crippen LogP contribution in [-0.2, 0) is 0 Å². The maximum absolute atomic E-state index is 8.30. The predicted molar refractivity (Wildman–Crippen MR) is 332 cm³/mol. The minimum atomic E-state index is 0.544. The van der Waals surface area contributed by atoms with Gasteiger partial charge in [0, 0.05) is 61.7 Å². The number of hydrogen-bond acceptors (Lipinski definition) is 4. The Bertz CT molecular complexity index is 4340. The SMILES string of the molecule is [C-]#[N+]c1ccc(N(c2ccccc2)c2ccc3c(c2)c2cc(N(c4ccccc4)c4ccc([N+]#[C-])cc4)ccc2n3-c2ccc(-c3ccc(-c4ccc(-c5cc(-c6ccccc6)nc(-c6ccccc6)n5)cc4[N+]#[C-])cc3)cc2)cc1. The second-order valence-corrected chi connectivity index (χ2v) is 19.5. The Morgan fingerprint density at radius 1 is 0.309 bits per heavy atom. The molecule has 8 heteroatoms. The molecule has 0 aliphatic carbocycles. The van der Waals surface area contributed by atoms with Gasteiger partial charge in [-0.1, -0.05) is 170 Å². The number of benzene rings is 11. The van der Waals surface area contributed by atoms with Crippen LogP contribution in [0.2, 0.25) is 0 Å². The summed E-state index contributed by atoms with van der Waals surface area (Å²) >= 11 is 0. The minimum absolute atomic E-state index is 0.544. The largest absolute Gasteiger partial charge is 0.311 e. The zero-order chi connectivity index (χ0) is 54.7. The molecule has 13 rings (SSSR count). The molecule has 0 unspecified atom stereocenters. The summed E-state index contributed by atoms with van der Waals surface area (Å²) < 4.78 is 2.34. The first-order valence-electron chi connectivity index (χ1n) is 26.5. The highest BCUT2D eigenvalue weighted by Gasteiger charge is 2.21. The van der Waals surface area contributed by atoms with Crippen molar-refractivity contribution in [2.24, 2.45) is 0 Å². The van der Waals surface area contributed by atoms with Gasteiger partial charge in [0.25, 0.3) is 0 Å². The van der Waals surface area contributed by atoms with E-state index in [1.807, 2.05) is 170 Å². The van der Waals surface area contributed by atoms with Crippen LogP contribution >= 0.6 is 0 Å². The molecule has 0 N–H and O–H groups in total. The van der Waals surface area contributed by atoms with Gasteiger partial charge in [-0.2, -0.15) is 0 Å². The molecular formula is C73H46N8. The van der Waals surface area contributed by atoms with Crippen LogP contribution in [0.4, 0.5) is 51.2 Å². The smallest absolute Gasteiger partial charge is 0.195 e. The summed E-state index contributed by atoms with van der Waals surface area (Å²) in [4.78, 5) is 25.8. The van der Waals surface area contributed by atoms with E-state index < -0.39 is 0 Å². The van der Waals surface area contributed by atoms with Crippen molar-refractivity contribution in [2.45, 2.75) is 0 Å². The van der Waals surface area contributed by atoms with Crippen LogP contribution in [0.1, 0.15) is 0 Å². The van der Waals surface area contributed by atoms with Crippen molar-refractivity contribution in [1.29, 1.82) is 0 Å². The third kappa shape index (κ3) is 9.57. The molecule has 0 amide bonds. The van der Waals surface area contributed by atoms with Crippen LogP contribution in [-0.4, -0.2) is 14.5 Å². The standard InChI is InChI=1S/C73H46N8/c1-74-56-31-37-60(38-32-56)79(58-20-12-6-13-21-58)63-41-44-71-66(47-63)67-48-64(80(59-22-14-7-15-23-59)61-39-33-57(75-2)34-40-61)42-45-72(67)81(71)62-35-28-51(29-36-62)50-24-26-52(27-25-50)65-43-30-55(46-70(65)76-3)69-49-68(53-16-8-4-9-17-53)77-73(78-69)54-18-10-5-11-19-54/h4-49H. The first-order valence-corrected chi connectivity index (χ1v) is 26.5. The molecule has 8 nitrogen and oxygen atoms in total. The molecule has 378 valence electrons. The van der Waals surface area contributed by atoms with Crippen molar-refractivity contribution < 1.29 is 0 Å². The Balaban J connectivity index is 0.869. The van der Waals surface area contributed by atoms with E-state index in [0.29, 0.717) is 22.9 Å². The van der Waals surface area contributed by atoms with E-state index >= 15 is 0 Å². The van der Waals surface area contributed by atoms with Crippen molar-refractivity contribution in [1.82, 2.24) is 14.5 Å². The molecule has 0 bridgehead atoms. The lowest BCUT2D eigenvalue weighted by atomic mass is 9.97. The number of anilines is 6. The lowest BCUT2D eigenvalue weighted by Gasteiger charge is -2.26. The number of hydrogen-bond donors (Lipinski definition) is 0. The molecule has 0 saturated carbocycles. The van der Waals surface area contributed by atoms with Crippen molar-refractivity contribution in [3.8, 4) is 61.8 Å². The molecule has 0 atom stereocenters. The van der Waals surface area contributed by atoms with Gasteiger partial charge in [-0.25, -0.2) is 24.5 Å². The number of aromatic nitrogens is 3. The van der Waals surface area contributed by atoms with E-state index in [1.54, 1.807) is 0 Å². The molecule has 81 heavy (non-hydrogen) atoms. The monoisotopic (exact) mass is 1030 g/mol. The second-order valence-electron chi connectivity index (χ2n) is 19.5. The molecule has 0 fully saturated rings. The van der Waals surface area contributed by atoms with Crippen LogP contribution in [0.15, 0.2) is 279 Å². The second kappa shape index (κ2) is 21.4. The Labute approximate surface area is 470 Å². The summed E-state index contributed by atoms with van der Waals surface area (Å²) in [7, 11) is 0. The van der Waals surface area contributed by atoms with E-state index in [4.69, 9.17) is 29.7 Å². The molecular weight excluding hydrogens is 989 g/mol. The number of nitrogens with zero attached hydrogens (tertiary/aromatic N) is 8. The molecule has 0 aliphatic heterocycles. The number of rotatable bonds is 12. The number of fused-ring (bicyclic) bond motifs is 3. The molecule has 13 aromatic rings. The van der Waals surface area contributed by atoms with Gasteiger partial charge < -0.3 is 14.4 Å². The normalized spacial score (nSPS) is 10.9. The molecule has 2 heterocycles. The van der Waals surface area contributed by atoms with Crippen molar-refractivity contribution in [3.63, 3.8) is 0 Å². The van der Waals surface area contributed by atoms with Gasteiger partial charge in [0.05, 0.1) is 42.1 Å². The summed E-state index contributed by atoms with van der Waals surface area (Å²) in [5.41, 5.74) is 18.9. The Morgan fingerprint density at radius 3 is 1.20 bits per heavy atom. The average Bonchev–Trinajstić information content (AvgIpc) is 4.02. The van der Waals surface area contributed by atoms with Gasteiger partial charge in [-0.05, 0) is 137 Å². The molecule has 0 radical (unpaired) electrons. The lowest BCUT2D eigenvalue weighted by Crippen LogP contribution is -2.09. The fourth-order valence-electron chi connectivity index (χ4n) is 10.7. The van der Waals surface area contributed by atoms with E-state index in [-0.39, 0.29) is 0 Å². The summed E-state index contributed by atoms with van der Waals surface area (Å²) in [6, 6.07) is 94.7. The number of para-hydroxylation sites is 2. The summed E-state index contributed by atoms with van der Waals surface area (Å²) in [6.07, 6.45) is 0. The predicted octanol–water partition coefficient (Wildman–Crippen LogP) is 20.5.